The Labute approximate surface area is 193 Å². The predicted octanol–water partition coefficient (Wildman–Crippen LogP) is 4.41. The van der Waals surface area contributed by atoms with Crippen LogP contribution < -0.4 is 9.64 Å². The summed E-state index contributed by atoms with van der Waals surface area (Å²) in [6, 6.07) is 8.53. The van der Waals surface area contributed by atoms with Gasteiger partial charge in [-0.15, -0.1) is 0 Å². The van der Waals surface area contributed by atoms with Crippen molar-refractivity contribution in [3.05, 3.63) is 52.8 Å². The van der Waals surface area contributed by atoms with Crippen LogP contribution in [0.2, 0.25) is 5.02 Å². The molecule has 0 N–H and O–H groups in total. The summed E-state index contributed by atoms with van der Waals surface area (Å²) in [6.45, 7) is 6.79. The average Bonchev–Trinajstić information content (AvgIpc) is 2.77. The number of hydrogen-bond donors (Lipinski definition) is 0. The molecule has 0 bridgehead atoms. The van der Waals surface area contributed by atoms with Crippen LogP contribution in [0.1, 0.15) is 37.6 Å². The zero-order chi connectivity index (χ0) is 23.6. The number of sulfone groups is 1. The van der Waals surface area contributed by atoms with Crippen molar-refractivity contribution in [3.8, 4) is 5.75 Å². The van der Waals surface area contributed by atoms with E-state index in [1.54, 1.807) is 37.1 Å². The third kappa shape index (κ3) is 4.71. The summed E-state index contributed by atoms with van der Waals surface area (Å²) >= 11 is 6.07. The van der Waals surface area contributed by atoms with Crippen molar-refractivity contribution in [1.82, 2.24) is 4.90 Å². The first kappa shape index (κ1) is 24.3. The van der Waals surface area contributed by atoms with Gasteiger partial charge in [0.15, 0.2) is 9.84 Å². The maximum absolute atomic E-state index is 13.3. The normalized spacial score (nSPS) is 17.9. The van der Waals surface area contributed by atoms with E-state index in [1.165, 1.54) is 12.1 Å². The first-order chi connectivity index (χ1) is 15.1. The molecule has 1 amide bonds. The molecule has 1 aliphatic rings. The number of benzene rings is 2. The second-order valence-corrected chi connectivity index (χ2v) is 10.8. The summed E-state index contributed by atoms with van der Waals surface area (Å²) in [5.41, 5.74) is 0.934. The molecule has 2 aromatic rings. The molecule has 0 spiro atoms. The molecule has 2 aromatic carbocycles. The molecule has 174 valence electrons. The van der Waals surface area contributed by atoms with Gasteiger partial charge in [-0.25, -0.2) is 12.8 Å². The summed E-state index contributed by atoms with van der Waals surface area (Å²) in [4.78, 5) is 16.9. The number of carbonyl (C=O) groups is 1. The summed E-state index contributed by atoms with van der Waals surface area (Å²) in [5.74, 6) is -0.188. The lowest BCUT2D eigenvalue weighted by molar-refractivity contribution is 0.0726. The molecule has 32 heavy (non-hydrogen) atoms. The van der Waals surface area contributed by atoms with E-state index in [2.05, 4.69) is 0 Å². The first-order valence-electron chi connectivity index (χ1n) is 10.5. The maximum Gasteiger partial charge on any atom is 0.255 e. The van der Waals surface area contributed by atoms with Gasteiger partial charge in [0.25, 0.3) is 5.91 Å². The second kappa shape index (κ2) is 9.67. The molecule has 0 saturated carbocycles. The smallest absolute Gasteiger partial charge is 0.255 e. The highest BCUT2D eigenvalue weighted by Crippen LogP contribution is 2.35. The van der Waals surface area contributed by atoms with E-state index in [0.717, 1.165) is 6.07 Å². The van der Waals surface area contributed by atoms with Gasteiger partial charge in [0.05, 0.1) is 33.5 Å². The number of piperazine rings is 1. The van der Waals surface area contributed by atoms with Crippen molar-refractivity contribution >= 4 is 33.0 Å². The molecule has 2 atom stereocenters. The molecule has 0 aliphatic carbocycles. The van der Waals surface area contributed by atoms with Gasteiger partial charge < -0.3 is 14.5 Å². The predicted molar refractivity (Wildman–Crippen MR) is 124 cm³/mol. The minimum Gasteiger partial charge on any atom is -0.495 e. The third-order valence-electron chi connectivity index (χ3n) is 5.97. The van der Waals surface area contributed by atoms with Crippen LogP contribution in [0.25, 0.3) is 0 Å². The Bertz CT molecular complexity index is 1110. The van der Waals surface area contributed by atoms with Crippen LogP contribution in [0.5, 0.6) is 5.75 Å². The molecule has 1 heterocycles. The lowest BCUT2D eigenvalue weighted by Gasteiger charge is -2.42. The molecule has 0 aromatic heterocycles. The number of anilines is 1. The van der Waals surface area contributed by atoms with E-state index >= 15 is 0 Å². The summed E-state index contributed by atoms with van der Waals surface area (Å²) in [7, 11) is -1.91. The largest absolute Gasteiger partial charge is 0.495 e. The highest BCUT2D eigenvalue weighted by molar-refractivity contribution is 7.92. The third-order valence-corrected chi connectivity index (χ3v) is 8.59. The number of hydrogen-bond acceptors (Lipinski definition) is 5. The van der Waals surface area contributed by atoms with E-state index in [4.69, 9.17) is 16.3 Å². The van der Waals surface area contributed by atoms with Crippen molar-refractivity contribution in [2.24, 2.45) is 0 Å². The highest BCUT2D eigenvalue weighted by atomic mass is 35.5. The topological polar surface area (TPSA) is 66.9 Å². The molecule has 1 saturated heterocycles. The number of ether oxygens (including phenoxy) is 1. The monoisotopic (exact) mass is 482 g/mol. The quantitative estimate of drug-likeness (QED) is 0.610. The summed E-state index contributed by atoms with van der Waals surface area (Å²) in [5, 5.41) is -0.411. The number of carbonyl (C=O) groups excluding carboxylic acids is 1. The SMILES string of the molecule is CC[C@H](C)S(=O)(=O)c1ccc(OC)c(N2CCN(C(=O)c3ccc(F)cc3Cl)C[C@@H]2C)c1. The van der Waals surface area contributed by atoms with Gasteiger partial charge >= 0.3 is 0 Å². The molecular weight excluding hydrogens is 455 g/mol. The Morgan fingerprint density at radius 3 is 2.56 bits per heavy atom. The Hall–Kier alpha value is -2.32. The Balaban J connectivity index is 1.86. The highest BCUT2D eigenvalue weighted by Gasteiger charge is 2.31. The molecule has 6 nitrogen and oxygen atoms in total. The van der Waals surface area contributed by atoms with Gasteiger partial charge in [-0.2, -0.15) is 0 Å². The zero-order valence-electron chi connectivity index (χ0n) is 18.6. The Kier molecular flexibility index (Phi) is 7.35. The molecular formula is C23H28ClFN2O4S. The van der Waals surface area contributed by atoms with Crippen LogP contribution in [0.4, 0.5) is 10.1 Å². The minimum absolute atomic E-state index is 0.0784. The van der Waals surface area contributed by atoms with E-state index in [9.17, 15) is 17.6 Å². The van der Waals surface area contributed by atoms with E-state index in [-0.39, 0.29) is 27.4 Å². The van der Waals surface area contributed by atoms with Crippen LogP contribution in [0, 0.1) is 5.82 Å². The van der Waals surface area contributed by atoms with Gasteiger partial charge in [0.2, 0.25) is 0 Å². The van der Waals surface area contributed by atoms with Crippen molar-refractivity contribution in [2.75, 3.05) is 31.6 Å². The Morgan fingerprint density at radius 2 is 1.97 bits per heavy atom. The molecule has 1 fully saturated rings. The van der Waals surface area contributed by atoms with Gasteiger partial charge in [-0.05, 0) is 56.7 Å². The van der Waals surface area contributed by atoms with Gasteiger partial charge in [-0.3, -0.25) is 4.79 Å². The zero-order valence-corrected chi connectivity index (χ0v) is 20.2. The lowest BCUT2D eigenvalue weighted by Crippen LogP contribution is -2.54. The van der Waals surface area contributed by atoms with Crippen LogP contribution in [0.15, 0.2) is 41.3 Å². The molecule has 0 unspecified atom stereocenters. The number of nitrogens with zero attached hydrogens (tertiary/aromatic N) is 2. The summed E-state index contributed by atoms with van der Waals surface area (Å²) < 4.78 is 44.6. The Morgan fingerprint density at radius 1 is 1.25 bits per heavy atom. The van der Waals surface area contributed by atoms with E-state index in [1.807, 2.05) is 18.7 Å². The molecule has 1 aliphatic heterocycles. The standard InChI is InChI=1S/C23H28ClFN2O4S/c1-5-16(3)32(29,30)18-7-9-22(31-4)21(13-18)27-11-10-26(14-15(27)2)23(28)19-8-6-17(25)12-20(19)24/h6-9,12-13,15-16H,5,10-11,14H2,1-4H3/t15-,16-/m0/s1. The van der Waals surface area contributed by atoms with Gasteiger partial charge in [0.1, 0.15) is 11.6 Å². The fraction of sp³-hybridized carbons (Fsp3) is 0.435. The van der Waals surface area contributed by atoms with Crippen molar-refractivity contribution in [2.45, 2.75) is 43.4 Å². The minimum atomic E-state index is -3.45. The van der Waals surface area contributed by atoms with Crippen LogP contribution >= 0.6 is 11.6 Å². The van der Waals surface area contributed by atoms with Crippen LogP contribution in [-0.4, -0.2) is 57.3 Å². The van der Waals surface area contributed by atoms with Crippen molar-refractivity contribution in [3.63, 3.8) is 0 Å². The average molecular weight is 483 g/mol. The lowest BCUT2D eigenvalue weighted by atomic mass is 10.1. The molecule has 0 radical (unpaired) electrons. The molecule has 3 rings (SSSR count). The fourth-order valence-corrected chi connectivity index (χ4v) is 5.54. The van der Waals surface area contributed by atoms with Crippen LogP contribution in [-0.2, 0) is 9.84 Å². The van der Waals surface area contributed by atoms with Crippen molar-refractivity contribution in [1.29, 1.82) is 0 Å². The number of halogens is 2. The second-order valence-electron chi connectivity index (χ2n) is 8.02. The van der Waals surface area contributed by atoms with Crippen molar-refractivity contribution < 1.29 is 22.3 Å². The number of methoxy groups -OCH3 is 1. The van der Waals surface area contributed by atoms with Crippen LogP contribution in [0.3, 0.4) is 0 Å². The number of amides is 1. The van der Waals surface area contributed by atoms with Gasteiger partial charge in [-0.1, -0.05) is 18.5 Å². The number of rotatable bonds is 6. The fourth-order valence-electron chi connectivity index (χ4n) is 3.86. The first-order valence-corrected chi connectivity index (χ1v) is 12.5. The van der Waals surface area contributed by atoms with E-state index < -0.39 is 20.9 Å². The summed E-state index contributed by atoms with van der Waals surface area (Å²) in [6.07, 6.45) is 0.521. The maximum atomic E-state index is 13.3. The molecule has 9 heteroatoms. The van der Waals surface area contributed by atoms with E-state index in [0.29, 0.717) is 37.5 Å². The van der Waals surface area contributed by atoms with Gasteiger partial charge in [0, 0.05) is 25.7 Å².